The molecule has 0 unspecified atom stereocenters. The van der Waals surface area contributed by atoms with Crippen LogP contribution in [0.5, 0.6) is 5.75 Å². The number of likely N-dealkylation sites (tertiary alicyclic amines) is 1. The Morgan fingerprint density at radius 2 is 1.75 bits per heavy atom. The van der Waals surface area contributed by atoms with Gasteiger partial charge >= 0.3 is 5.97 Å². The summed E-state index contributed by atoms with van der Waals surface area (Å²) in [5.74, 6) is -2.74. The van der Waals surface area contributed by atoms with Crippen LogP contribution in [-0.2, 0) is 64.2 Å². The van der Waals surface area contributed by atoms with Crippen molar-refractivity contribution in [2.24, 2.45) is 23.2 Å². The number of aryl methyl sites for hydroxylation is 1. The predicted octanol–water partition coefficient (Wildman–Crippen LogP) is 5.32. The number of likely N-dealkylation sites (N-methyl/N-ethyl adjacent to an activating group) is 1. The minimum Gasteiger partial charge on any atom is -0.508 e. The maximum Gasteiger partial charge on any atom is 0.324 e. The summed E-state index contributed by atoms with van der Waals surface area (Å²) in [7, 11) is 3.27. The molecule has 4 aliphatic heterocycles. The Morgan fingerprint density at radius 3 is 2.42 bits per heavy atom. The standard InChI is InChI=1S/C51H65N7O9.4H2S/c1-8-57-43-12-11-32-22-38(43)39(45(57)40-24-52-15-13-34(40)26-65-7)23-51(4,5)29-67-50(64)41-10-9-16-58(54-41)49(63)42(20-31-18-35(32)21-37(59)19-31)53-46(60)44(30(2)3)55(6)47(61)33-14-17-56(25-33)48(62)36-27-66-28-36;;;;/h11-13,15,18-19,21-22,24,30,33,36,41-42,44,54,59H,8-10,14,16-17,20,23,25-29H2,1-7H3,(H,53,60);4*1H2/t33-,41-,42-,44-;;;;/m0..../s1. The number of amides is 4. The van der Waals surface area contributed by atoms with Gasteiger partial charge in [-0.3, -0.25) is 34.0 Å². The topological polar surface area (TPSA) is 185 Å². The molecule has 0 saturated carbocycles. The number of aromatic hydroxyl groups is 1. The third-order valence-electron chi connectivity index (χ3n) is 13.8. The van der Waals surface area contributed by atoms with E-state index in [0.29, 0.717) is 64.2 Å². The number of hydrazine groups is 1. The molecule has 2 aromatic carbocycles. The van der Waals surface area contributed by atoms with Gasteiger partial charge in [0, 0.05) is 81.0 Å². The van der Waals surface area contributed by atoms with Gasteiger partial charge in [0.25, 0.3) is 5.91 Å². The van der Waals surface area contributed by atoms with Crippen LogP contribution >= 0.6 is 54.0 Å². The summed E-state index contributed by atoms with van der Waals surface area (Å²) in [4.78, 5) is 78.0. The van der Waals surface area contributed by atoms with Crippen molar-refractivity contribution >= 4 is 94.5 Å². The largest absolute Gasteiger partial charge is 0.508 e. The van der Waals surface area contributed by atoms with Crippen molar-refractivity contribution in [3.8, 4) is 28.1 Å². The van der Waals surface area contributed by atoms with Crippen LogP contribution in [0.1, 0.15) is 70.6 Å². The number of fused-ring (bicyclic) bond motifs is 6. The van der Waals surface area contributed by atoms with Crippen molar-refractivity contribution in [2.75, 3.05) is 53.6 Å². The van der Waals surface area contributed by atoms with Gasteiger partial charge in [-0.05, 0) is 96.7 Å². The number of hydrogen-bond acceptors (Lipinski definition) is 11. The van der Waals surface area contributed by atoms with Crippen LogP contribution in [0.2, 0.25) is 0 Å². The van der Waals surface area contributed by atoms with E-state index in [1.807, 2.05) is 38.2 Å². The average Bonchev–Trinajstić information content (AvgIpc) is 3.90. The Morgan fingerprint density at radius 1 is 1.00 bits per heavy atom. The molecule has 16 nitrogen and oxygen atoms in total. The van der Waals surface area contributed by atoms with Crippen LogP contribution in [0.4, 0.5) is 0 Å². The van der Waals surface area contributed by atoms with Crippen LogP contribution in [0, 0.1) is 23.2 Å². The fourth-order valence-electron chi connectivity index (χ4n) is 10.3. The molecule has 390 valence electrons. The quantitative estimate of drug-likeness (QED) is 0.175. The lowest BCUT2D eigenvalue weighted by Gasteiger charge is -2.37. The second-order valence-electron chi connectivity index (χ2n) is 19.8. The molecule has 3 fully saturated rings. The summed E-state index contributed by atoms with van der Waals surface area (Å²) in [6, 6.07) is 10.5. The van der Waals surface area contributed by atoms with Crippen molar-refractivity contribution in [3.05, 3.63) is 71.5 Å². The number of carbonyl (C=O) groups excluding carboxylic acids is 5. The summed E-state index contributed by atoms with van der Waals surface area (Å²) in [5, 5.41) is 16.7. The monoisotopic (exact) mass is 1060 g/mol. The maximum atomic E-state index is 14.7. The highest BCUT2D eigenvalue weighted by Gasteiger charge is 2.42. The van der Waals surface area contributed by atoms with E-state index in [2.05, 4.69) is 53.2 Å². The van der Waals surface area contributed by atoms with Gasteiger partial charge < -0.3 is 39.0 Å². The molecule has 0 radical (unpaired) electrons. The number of ether oxygens (including phenoxy) is 3. The first-order valence-electron chi connectivity index (χ1n) is 23.7. The zero-order valence-electron chi connectivity index (χ0n) is 41.8. The number of aromatic nitrogens is 2. The third kappa shape index (κ3) is 12.7. The minimum atomic E-state index is -1.16. The molecule has 4 atom stereocenters. The van der Waals surface area contributed by atoms with Gasteiger partial charge in [0.05, 0.1) is 44.0 Å². The van der Waals surface area contributed by atoms with Gasteiger partial charge in [-0.1, -0.05) is 39.8 Å². The van der Waals surface area contributed by atoms with Gasteiger partial charge in [0.15, 0.2) is 0 Å². The second-order valence-corrected chi connectivity index (χ2v) is 19.8. The molecule has 4 amide bonds. The molecule has 71 heavy (non-hydrogen) atoms. The Balaban J connectivity index is 0.00000274. The molecule has 2 aromatic heterocycles. The Hall–Kier alpha value is -4.44. The van der Waals surface area contributed by atoms with E-state index in [-0.39, 0.29) is 109 Å². The van der Waals surface area contributed by atoms with Crippen molar-refractivity contribution in [1.29, 1.82) is 0 Å². The molecule has 20 heteroatoms. The number of cyclic esters (lactones) is 1. The van der Waals surface area contributed by atoms with E-state index in [4.69, 9.17) is 14.2 Å². The van der Waals surface area contributed by atoms with Crippen LogP contribution in [-0.4, -0.2) is 131 Å². The highest BCUT2D eigenvalue weighted by molar-refractivity contribution is 7.59. The summed E-state index contributed by atoms with van der Waals surface area (Å²) in [6.45, 7) is 12.9. The molecular formula is C51H73N7O9S4. The molecule has 8 rings (SSSR count). The number of benzene rings is 2. The first kappa shape index (κ1) is 59.1. The maximum absolute atomic E-state index is 14.7. The Labute approximate surface area is 445 Å². The van der Waals surface area contributed by atoms with E-state index in [0.717, 1.165) is 44.4 Å². The lowest BCUT2D eigenvalue weighted by atomic mass is 9.84. The number of methoxy groups -OCH3 is 1. The number of nitrogens with one attached hydrogen (secondary N) is 2. The lowest BCUT2D eigenvalue weighted by Crippen LogP contribution is -2.62. The van der Waals surface area contributed by atoms with Crippen LogP contribution in [0.15, 0.2) is 54.9 Å². The number of pyridine rings is 1. The molecule has 4 aliphatic rings. The zero-order chi connectivity index (χ0) is 47.7. The summed E-state index contributed by atoms with van der Waals surface area (Å²) >= 11 is 0. The number of rotatable bonds is 10. The third-order valence-corrected chi connectivity index (χ3v) is 13.8. The average molecular weight is 1060 g/mol. The molecule has 6 heterocycles. The van der Waals surface area contributed by atoms with E-state index in [1.165, 1.54) is 9.91 Å². The molecule has 3 saturated heterocycles. The van der Waals surface area contributed by atoms with E-state index in [9.17, 15) is 29.1 Å². The first-order chi connectivity index (χ1) is 32.1. The SMILES string of the molecule is CCn1c(-c2cnccc2COC)c2c3cc(ccc31)-c1cc(O)cc(c1)C[C@H](NC(=O)[C@H](C(C)C)N(C)C(=O)[C@H]1CCN(C(=O)C3COC3)C1)C(=O)N1CCC[C@H](N1)C(=O)OCC(C)(C)C2.S.S.S.S. The highest BCUT2D eigenvalue weighted by Crippen LogP contribution is 2.41. The first-order valence-corrected chi connectivity index (χ1v) is 23.7. The Kier molecular flexibility index (Phi) is 20.8. The number of nitrogens with zero attached hydrogens (tertiary/aromatic N) is 5. The number of phenols is 1. The van der Waals surface area contributed by atoms with Crippen LogP contribution in [0.25, 0.3) is 33.3 Å². The van der Waals surface area contributed by atoms with Crippen molar-refractivity contribution in [2.45, 2.75) is 98.0 Å². The number of esters is 1. The Bertz CT molecular complexity index is 2550. The fraction of sp³-hybridized carbons (Fsp3) is 0.529. The van der Waals surface area contributed by atoms with Crippen molar-refractivity contribution in [3.63, 3.8) is 0 Å². The van der Waals surface area contributed by atoms with E-state index in [1.54, 1.807) is 37.4 Å². The molecule has 6 bridgehead atoms. The molecule has 0 spiro atoms. The van der Waals surface area contributed by atoms with Crippen molar-refractivity contribution < 1.29 is 43.3 Å². The highest BCUT2D eigenvalue weighted by atomic mass is 32.1. The molecular weight excluding hydrogens is 983 g/mol. The summed E-state index contributed by atoms with van der Waals surface area (Å²) < 4.78 is 19.2. The van der Waals surface area contributed by atoms with Gasteiger partial charge in [-0.2, -0.15) is 54.0 Å². The predicted molar refractivity (Wildman–Crippen MR) is 293 cm³/mol. The smallest absolute Gasteiger partial charge is 0.324 e. The van der Waals surface area contributed by atoms with Crippen molar-refractivity contribution in [1.82, 2.24) is 35.1 Å². The fourth-order valence-corrected chi connectivity index (χ4v) is 10.3. The number of carbonyl (C=O) groups is 5. The number of hydrogen-bond donors (Lipinski definition) is 3. The summed E-state index contributed by atoms with van der Waals surface area (Å²) in [5.41, 5.74) is 9.75. The van der Waals surface area contributed by atoms with E-state index < -0.39 is 47.2 Å². The summed E-state index contributed by atoms with van der Waals surface area (Å²) in [6.07, 6.45) is 5.62. The van der Waals surface area contributed by atoms with Crippen LogP contribution in [0.3, 0.4) is 0 Å². The number of phenolic OH excluding ortho intramolecular Hbond substituents is 1. The lowest BCUT2D eigenvalue weighted by molar-refractivity contribution is -0.155. The second kappa shape index (κ2) is 25.0. The van der Waals surface area contributed by atoms with Gasteiger partial charge in [-0.15, -0.1) is 0 Å². The van der Waals surface area contributed by atoms with E-state index >= 15 is 0 Å². The normalized spacial score (nSPS) is 20.5. The van der Waals surface area contributed by atoms with Gasteiger partial charge in [-0.25, -0.2) is 5.43 Å². The van der Waals surface area contributed by atoms with Gasteiger partial charge in [0.2, 0.25) is 17.7 Å². The molecule has 0 aliphatic carbocycles. The van der Waals surface area contributed by atoms with Crippen LogP contribution < -0.4 is 10.7 Å². The minimum absolute atomic E-state index is 0. The molecule has 3 N–H and O–H groups in total. The van der Waals surface area contributed by atoms with Gasteiger partial charge in [0.1, 0.15) is 23.9 Å². The zero-order valence-corrected chi connectivity index (χ0v) is 45.8. The molecule has 4 aromatic rings.